The maximum atomic E-state index is 9.53. The van der Waals surface area contributed by atoms with Gasteiger partial charge in [-0.2, -0.15) is 4.98 Å². The van der Waals surface area contributed by atoms with E-state index < -0.39 is 0 Å². The zero-order valence-electron chi connectivity index (χ0n) is 10.3. The molecule has 0 aliphatic heterocycles. The number of nitrogens with zero attached hydrogens (tertiary/aromatic N) is 2. The van der Waals surface area contributed by atoms with Crippen molar-refractivity contribution in [3.8, 4) is 23.0 Å². The largest absolute Gasteiger partial charge is 0.504 e. The van der Waals surface area contributed by atoms with Gasteiger partial charge in [-0.15, -0.1) is 0 Å². The Kier molecular flexibility index (Phi) is 2.47. The Balaban J connectivity index is 1.92. The molecule has 1 N–H and O–H groups in total. The summed E-state index contributed by atoms with van der Waals surface area (Å²) in [6.45, 7) is 2.17. The Hall–Kier alpha value is -2.04. The molecule has 1 saturated carbocycles. The first kappa shape index (κ1) is 11.1. The normalized spacial score (nSPS) is 21.9. The Bertz CT molecular complexity index is 579. The lowest BCUT2D eigenvalue weighted by Gasteiger charge is -2.03. The molecule has 5 heteroatoms. The molecule has 1 aliphatic carbocycles. The van der Waals surface area contributed by atoms with E-state index in [0.717, 1.165) is 17.8 Å². The summed E-state index contributed by atoms with van der Waals surface area (Å²) in [6, 6.07) is 4.96. The van der Waals surface area contributed by atoms with Gasteiger partial charge >= 0.3 is 0 Å². The number of hydrogen-bond acceptors (Lipinski definition) is 5. The number of benzene rings is 1. The second-order valence-corrected chi connectivity index (χ2v) is 4.66. The summed E-state index contributed by atoms with van der Waals surface area (Å²) in [5, 5.41) is 13.5. The molecule has 3 rings (SSSR count). The molecule has 1 aromatic heterocycles. The summed E-state index contributed by atoms with van der Waals surface area (Å²) < 4.78 is 10.3. The number of rotatable bonds is 3. The van der Waals surface area contributed by atoms with E-state index >= 15 is 0 Å². The molecule has 1 aliphatic rings. The van der Waals surface area contributed by atoms with Crippen LogP contribution in [0.25, 0.3) is 11.5 Å². The highest BCUT2D eigenvalue weighted by Crippen LogP contribution is 2.46. The topological polar surface area (TPSA) is 68.4 Å². The molecule has 1 aromatic carbocycles. The first-order valence-electron chi connectivity index (χ1n) is 5.90. The predicted octanol–water partition coefficient (Wildman–Crippen LogP) is 2.57. The highest BCUT2D eigenvalue weighted by atomic mass is 16.5. The molecule has 5 nitrogen and oxygen atoms in total. The van der Waals surface area contributed by atoms with Gasteiger partial charge in [0, 0.05) is 11.5 Å². The maximum absolute atomic E-state index is 9.53. The molecule has 0 bridgehead atoms. The number of aromatic nitrogens is 2. The van der Waals surface area contributed by atoms with E-state index in [1.54, 1.807) is 18.2 Å². The van der Waals surface area contributed by atoms with Crippen LogP contribution in [-0.4, -0.2) is 22.4 Å². The van der Waals surface area contributed by atoms with Crippen molar-refractivity contribution in [2.75, 3.05) is 7.11 Å². The van der Waals surface area contributed by atoms with Gasteiger partial charge in [0.25, 0.3) is 5.89 Å². The third-order valence-corrected chi connectivity index (χ3v) is 3.31. The highest BCUT2D eigenvalue weighted by molar-refractivity contribution is 5.59. The standard InChI is InChI=1S/C13H14N2O3/c1-7-5-9(7)12-14-13(18-15-12)8-3-4-10(16)11(6-8)17-2/h3-4,6-7,9,16H,5H2,1-2H3. The highest BCUT2D eigenvalue weighted by Gasteiger charge is 2.38. The number of methoxy groups -OCH3 is 1. The fraction of sp³-hybridized carbons (Fsp3) is 0.385. The van der Waals surface area contributed by atoms with Gasteiger partial charge < -0.3 is 14.4 Å². The zero-order chi connectivity index (χ0) is 12.7. The van der Waals surface area contributed by atoms with Crippen LogP contribution in [0.4, 0.5) is 0 Å². The third kappa shape index (κ3) is 1.81. The van der Waals surface area contributed by atoms with Gasteiger partial charge in [0.05, 0.1) is 7.11 Å². The van der Waals surface area contributed by atoms with Crippen LogP contribution in [0.15, 0.2) is 22.7 Å². The van der Waals surface area contributed by atoms with Gasteiger partial charge in [-0.1, -0.05) is 12.1 Å². The average molecular weight is 246 g/mol. The van der Waals surface area contributed by atoms with E-state index in [1.807, 2.05) is 0 Å². The summed E-state index contributed by atoms with van der Waals surface area (Å²) in [5.41, 5.74) is 0.747. The van der Waals surface area contributed by atoms with Crippen LogP contribution in [0.2, 0.25) is 0 Å². The lowest BCUT2D eigenvalue weighted by Crippen LogP contribution is -1.86. The van der Waals surface area contributed by atoms with Crippen molar-refractivity contribution in [3.63, 3.8) is 0 Å². The molecule has 0 spiro atoms. The molecule has 0 amide bonds. The summed E-state index contributed by atoms with van der Waals surface area (Å²) >= 11 is 0. The van der Waals surface area contributed by atoms with Crippen LogP contribution in [0, 0.1) is 5.92 Å². The Morgan fingerprint density at radius 1 is 1.44 bits per heavy atom. The Morgan fingerprint density at radius 2 is 2.22 bits per heavy atom. The Labute approximate surface area is 104 Å². The van der Waals surface area contributed by atoms with E-state index in [4.69, 9.17) is 9.26 Å². The van der Waals surface area contributed by atoms with Crippen molar-refractivity contribution < 1.29 is 14.4 Å². The van der Waals surface area contributed by atoms with Gasteiger partial charge in [-0.3, -0.25) is 0 Å². The van der Waals surface area contributed by atoms with E-state index in [-0.39, 0.29) is 5.75 Å². The summed E-state index contributed by atoms with van der Waals surface area (Å²) in [6.07, 6.45) is 1.12. The van der Waals surface area contributed by atoms with Crippen molar-refractivity contribution >= 4 is 0 Å². The van der Waals surface area contributed by atoms with Crippen molar-refractivity contribution in [2.24, 2.45) is 5.92 Å². The van der Waals surface area contributed by atoms with Gasteiger partial charge in [0.1, 0.15) is 0 Å². The number of phenolic OH excluding ortho intramolecular Hbond substituents is 1. The summed E-state index contributed by atoms with van der Waals surface area (Å²) in [4.78, 5) is 4.38. The first-order chi connectivity index (χ1) is 8.69. The lowest BCUT2D eigenvalue weighted by atomic mass is 10.2. The number of phenols is 1. The first-order valence-corrected chi connectivity index (χ1v) is 5.90. The van der Waals surface area contributed by atoms with Crippen molar-refractivity contribution in [1.82, 2.24) is 10.1 Å². The van der Waals surface area contributed by atoms with Crippen molar-refractivity contribution in [2.45, 2.75) is 19.3 Å². The molecule has 1 fully saturated rings. The SMILES string of the molecule is COc1cc(-c2nc(C3CC3C)no2)ccc1O. The molecule has 94 valence electrons. The Morgan fingerprint density at radius 3 is 2.89 bits per heavy atom. The molecule has 1 heterocycles. The van der Waals surface area contributed by atoms with Crippen LogP contribution >= 0.6 is 0 Å². The van der Waals surface area contributed by atoms with Crippen LogP contribution in [0.5, 0.6) is 11.5 Å². The smallest absolute Gasteiger partial charge is 0.258 e. The van der Waals surface area contributed by atoms with E-state index in [2.05, 4.69) is 17.1 Å². The van der Waals surface area contributed by atoms with Crippen molar-refractivity contribution in [1.29, 1.82) is 0 Å². The van der Waals surface area contributed by atoms with E-state index in [1.165, 1.54) is 7.11 Å². The minimum Gasteiger partial charge on any atom is -0.504 e. The monoisotopic (exact) mass is 246 g/mol. The second-order valence-electron chi connectivity index (χ2n) is 4.66. The van der Waals surface area contributed by atoms with Crippen LogP contribution in [0.3, 0.4) is 0 Å². The molecule has 2 unspecified atom stereocenters. The van der Waals surface area contributed by atoms with E-state index in [9.17, 15) is 5.11 Å². The minimum atomic E-state index is 0.0943. The molecule has 0 radical (unpaired) electrons. The van der Waals surface area contributed by atoms with Crippen LogP contribution < -0.4 is 4.74 Å². The molecular formula is C13H14N2O3. The summed E-state index contributed by atoms with van der Waals surface area (Å²) in [7, 11) is 1.50. The van der Waals surface area contributed by atoms with Crippen LogP contribution in [-0.2, 0) is 0 Å². The predicted molar refractivity (Wildman–Crippen MR) is 64.5 cm³/mol. The molecule has 18 heavy (non-hydrogen) atoms. The second kappa shape index (κ2) is 4.01. The quantitative estimate of drug-likeness (QED) is 0.901. The van der Waals surface area contributed by atoms with E-state index in [0.29, 0.717) is 23.5 Å². The summed E-state index contributed by atoms with van der Waals surface area (Å²) in [5.74, 6) is 2.79. The van der Waals surface area contributed by atoms with Gasteiger partial charge in [-0.05, 0) is 30.5 Å². The minimum absolute atomic E-state index is 0.0943. The average Bonchev–Trinajstić information content (AvgIpc) is 2.92. The molecule has 2 aromatic rings. The maximum Gasteiger partial charge on any atom is 0.258 e. The third-order valence-electron chi connectivity index (χ3n) is 3.31. The van der Waals surface area contributed by atoms with Gasteiger partial charge in [0.2, 0.25) is 0 Å². The lowest BCUT2D eigenvalue weighted by molar-refractivity contribution is 0.373. The van der Waals surface area contributed by atoms with Gasteiger partial charge in [0.15, 0.2) is 17.3 Å². The number of ether oxygens (including phenoxy) is 1. The number of aromatic hydroxyl groups is 1. The fourth-order valence-corrected chi connectivity index (χ4v) is 2.00. The zero-order valence-corrected chi connectivity index (χ0v) is 10.3. The van der Waals surface area contributed by atoms with Crippen LogP contribution in [0.1, 0.15) is 25.1 Å². The molecule has 0 saturated heterocycles. The van der Waals surface area contributed by atoms with Gasteiger partial charge in [-0.25, -0.2) is 0 Å². The fourth-order valence-electron chi connectivity index (χ4n) is 2.00. The molecule has 2 atom stereocenters. The molecular weight excluding hydrogens is 232 g/mol. The number of hydrogen-bond donors (Lipinski definition) is 1. The van der Waals surface area contributed by atoms with Crippen molar-refractivity contribution in [3.05, 3.63) is 24.0 Å².